The molecule has 120 valence electrons. The molecule has 0 fully saturated rings. The Bertz CT molecular complexity index is 823. The van der Waals surface area contributed by atoms with Gasteiger partial charge in [-0.05, 0) is 30.3 Å². The van der Waals surface area contributed by atoms with Crippen LogP contribution < -0.4 is 10.2 Å². The van der Waals surface area contributed by atoms with Gasteiger partial charge in [-0.2, -0.15) is 5.26 Å². The van der Waals surface area contributed by atoms with Crippen molar-refractivity contribution < 1.29 is 14.7 Å². The van der Waals surface area contributed by atoms with Gasteiger partial charge in [0.25, 0.3) is 5.91 Å². The molecule has 0 heterocycles. The molecule has 0 aromatic heterocycles. The minimum absolute atomic E-state index is 0.0525. The number of hydrogen-bond donors (Lipinski definition) is 2. The molecule has 0 radical (unpaired) electrons. The molecule has 2 aromatic carbocycles. The van der Waals surface area contributed by atoms with Gasteiger partial charge in [0, 0.05) is 24.6 Å². The van der Waals surface area contributed by atoms with Crippen LogP contribution in [0.1, 0.15) is 10.4 Å². The van der Waals surface area contributed by atoms with Crippen molar-refractivity contribution >= 4 is 23.3 Å². The highest BCUT2D eigenvalue weighted by atomic mass is 16.4. The SMILES string of the molecule is CN(/C=C(/C#N)C(=O)Nc1cccc(C(=O)O)c1)c1ccccc1. The highest BCUT2D eigenvalue weighted by Crippen LogP contribution is 2.15. The Labute approximate surface area is 139 Å². The Morgan fingerprint density at radius 2 is 1.88 bits per heavy atom. The molecular formula is C18H15N3O3. The van der Waals surface area contributed by atoms with E-state index in [-0.39, 0.29) is 11.1 Å². The lowest BCUT2D eigenvalue weighted by molar-refractivity contribution is -0.112. The number of hydrogen-bond acceptors (Lipinski definition) is 4. The average Bonchev–Trinajstić information content (AvgIpc) is 2.60. The molecule has 0 aliphatic rings. The molecule has 2 aromatic rings. The second kappa shape index (κ2) is 7.61. The minimum Gasteiger partial charge on any atom is -0.478 e. The number of amides is 1. The monoisotopic (exact) mass is 321 g/mol. The van der Waals surface area contributed by atoms with E-state index in [4.69, 9.17) is 5.11 Å². The summed E-state index contributed by atoms with van der Waals surface area (Å²) in [6.07, 6.45) is 1.42. The molecule has 0 unspecified atom stereocenters. The van der Waals surface area contributed by atoms with Gasteiger partial charge >= 0.3 is 5.97 Å². The maximum absolute atomic E-state index is 12.2. The van der Waals surface area contributed by atoms with E-state index in [1.807, 2.05) is 36.4 Å². The van der Waals surface area contributed by atoms with E-state index in [0.29, 0.717) is 5.69 Å². The van der Waals surface area contributed by atoms with Crippen LogP contribution in [0, 0.1) is 11.3 Å². The summed E-state index contributed by atoms with van der Waals surface area (Å²) in [5, 5.41) is 20.7. The van der Waals surface area contributed by atoms with Crippen molar-refractivity contribution in [3.8, 4) is 6.07 Å². The number of carbonyl (C=O) groups excluding carboxylic acids is 1. The summed E-state index contributed by atoms with van der Waals surface area (Å²) in [6, 6.07) is 16.9. The fraction of sp³-hybridized carbons (Fsp3) is 0.0556. The van der Waals surface area contributed by atoms with Gasteiger partial charge in [-0.1, -0.05) is 24.3 Å². The Kier molecular flexibility index (Phi) is 5.32. The third-order valence-electron chi connectivity index (χ3n) is 3.22. The zero-order valence-corrected chi connectivity index (χ0v) is 12.9. The number of para-hydroxylation sites is 1. The maximum Gasteiger partial charge on any atom is 0.335 e. The van der Waals surface area contributed by atoms with E-state index in [1.165, 1.54) is 24.4 Å². The Morgan fingerprint density at radius 3 is 2.50 bits per heavy atom. The van der Waals surface area contributed by atoms with Crippen LogP contribution in [-0.2, 0) is 4.79 Å². The minimum atomic E-state index is -1.09. The van der Waals surface area contributed by atoms with Gasteiger partial charge in [-0.25, -0.2) is 4.79 Å². The topological polar surface area (TPSA) is 93.4 Å². The fourth-order valence-corrected chi connectivity index (χ4v) is 2.00. The van der Waals surface area contributed by atoms with Gasteiger partial charge in [-0.15, -0.1) is 0 Å². The molecule has 0 atom stereocenters. The summed E-state index contributed by atoms with van der Waals surface area (Å²) in [4.78, 5) is 24.8. The van der Waals surface area contributed by atoms with Crippen molar-refractivity contribution in [1.29, 1.82) is 5.26 Å². The predicted octanol–water partition coefficient (Wildman–Crippen LogP) is 2.87. The van der Waals surface area contributed by atoms with Crippen LogP contribution in [0.3, 0.4) is 0 Å². The van der Waals surface area contributed by atoms with Crippen LogP contribution in [0.25, 0.3) is 0 Å². The summed E-state index contributed by atoms with van der Waals surface area (Å²) in [5.74, 6) is -1.70. The van der Waals surface area contributed by atoms with Crippen molar-refractivity contribution in [3.05, 3.63) is 71.9 Å². The standard InChI is InChI=1S/C18H15N3O3/c1-21(16-8-3-2-4-9-16)12-14(11-19)17(22)20-15-7-5-6-13(10-15)18(23)24/h2-10,12H,1H3,(H,20,22)(H,23,24)/b14-12-. The highest BCUT2D eigenvalue weighted by Gasteiger charge is 2.12. The van der Waals surface area contributed by atoms with E-state index < -0.39 is 11.9 Å². The third-order valence-corrected chi connectivity index (χ3v) is 3.22. The van der Waals surface area contributed by atoms with Gasteiger partial charge in [0.05, 0.1) is 5.56 Å². The number of carbonyl (C=O) groups is 2. The van der Waals surface area contributed by atoms with Crippen LogP contribution in [0.2, 0.25) is 0 Å². The lowest BCUT2D eigenvalue weighted by Crippen LogP contribution is -2.18. The van der Waals surface area contributed by atoms with E-state index in [9.17, 15) is 14.9 Å². The molecule has 1 amide bonds. The van der Waals surface area contributed by atoms with Crippen molar-refractivity contribution in [2.45, 2.75) is 0 Å². The molecule has 0 bridgehead atoms. The normalized spacial score (nSPS) is 10.6. The van der Waals surface area contributed by atoms with Gasteiger partial charge in [0.1, 0.15) is 11.6 Å². The van der Waals surface area contributed by atoms with Gasteiger partial charge in [-0.3, -0.25) is 4.79 Å². The van der Waals surface area contributed by atoms with Crippen LogP contribution in [-0.4, -0.2) is 24.0 Å². The number of carboxylic acids is 1. The summed E-state index contributed by atoms with van der Waals surface area (Å²) >= 11 is 0. The lowest BCUT2D eigenvalue weighted by atomic mass is 10.2. The van der Waals surface area contributed by atoms with Crippen molar-refractivity contribution in [2.24, 2.45) is 0 Å². The van der Waals surface area contributed by atoms with E-state index >= 15 is 0 Å². The average molecular weight is 321 g/mol. The first-order valence-electron chi connectivity index (χ1n) is 7.06. The summed E-state index contributed by atoms with van der Waals surface area (Å²) in [6.45, 7) is 0. The molecule has 2 N–H and O–H groups in total. The molecule has 2 rings (SSSR count). The summed E-state index contributed by atoms with van der Waals surface area (Å²) < 4.78 is 0. The maximum atomic E-state index is 12.2. The fourth-order valence-electron chi connectivity index (χ4n) is 2.00. The van der Waals surface area contributed by atoms with Crippen molar-refractivity contribution in [3.63, 3.8) is 0 Å². The zero-order valence-electron chi connectivity index (χ0n) is 12.9. The molecule has 0 aliphatic carbocycles. The molecule has 0 saturated heterocycles. The molecule has 0 aliphatic heterocycles. The lowest BCUT2D eigenvalue weighted by Gasteiger charge is -2.14. The molecule has 0 spiro atoms. The Morgan fingerprint density at radius 1 is 1.17 bits per heavy atom. The predicted molar refractivity (Wildman–Crippen MR) is 90.6 cm³/mol. The van der Waals surface area contributed by atoms with E-state index in [0.717, 1.165) is 5.69 Å². The van der Waals surface area contributed by atoms with E-state index in [1.54, 1.807) is 18.0 Å². The van der Waals surface area contributed by atoms with Gasteiger partial charge < -0.3 is 15.3 Å². The zero-order chi connectivity index (χ0) is 17.5. The summed E-state index contributed by atoms with van der Waals surface area (Å²) in [5.41, 5.74) is 1.09. The second-order valence-electron chi connectivity index (χ2n) is 4.94. The smallest absolute Gasteiger partial charge is 0.335 e. The molecule has 0 saturated carbocycles. The second-order valence-corrected chi connectivity index (χ2v) is 4.94. The van der Waals surface area contributed by atoms with Crippen LogP contribution >= 0.6 is 0 Å². The number of benzene rings is 2. The first-order valence-corrected chi connectivity index (χ1v) is 7.06. The Balaban J connectivity index is 2.17. The largest absolute Gasteiger partial charge is 0.478 e. The third kappa shape index (κ3) is 4.21. The number of nitrogens with zero attached hydrogens (tertiary/aromatic N) is 2. The molecule has 6 nitrogen and oxygen atoms in total. The number of rotatable bonds is 5. The number of carboxylic acid groups (broad SMARTS) is 1. The first kappa shape index (κ1) is 16.8. The molecule has 6 heteroatoms. The van der Waals surface area contributed by atoms with Gasteiger partial charge in [0.15, 0.2) is 0 Å². The quantitative estimate of drug-likeness (QED) is 0.652. The van der Waals surface area contributed by atoms with Crippen LogP contribution in [0.4, 0.5) is 11.4 Å². The first-order chi connectivity index (χ1) is 11.5. The van der Waals surface area contributed by atoms with Crippen LogP contribution in [0.5, 0.6) is 0 Å². The van der Waals surface area contributed by atoms with Gasteiger partial charge in [0.2, 0.25) is 0 Å². The Hall–Kier alpha value is -3.59. The van der Waals surface area contributed by atoms with Crippen LogP contribution in [0.15, 0.2) is 66.4 Å². The highest BCUT2D eigenvalue weighted by molar-refractivity contribution is 6.07. The van der Waals surface area contributed by atoms with E-state index in [2.05, 4.69) is 5.32 Å². The number of nitriles is 1. The number of aromatic carboxylic acids is 1. The van der Waals surface area contributed by atoms with Crippen molar-refractivity contribution in [2.75, 3.05) is 17.3 Å². The molecular weight excluding hydrogens is 306 g/mol. The number of nitrogens with one attached hydrogen (secondary N) is 1. The summed E-state index contributed by atoms with van der Waals surface area (Å²) in [7, 11) is 1.73. The number of anilines is 2. The molecule has 24 heavy (non-hydrogen) atoms. The van der Waals surface area contributed by atoms with Crippen molar-refractivity contribution in [1.82, 2.24) is 0 Å².